The average molecular weight is 194 g/mol. The topological polar surface area (TPSA) is 57.5 Å². The van der Waals surface area contributed by atoms with Gasteiger partial charge < -0.3 is 10.2 Å². The van der Waals surface area contributed by atoms with E-state index in [9.17, 15) is 9.90 Å². The maximum atomic E-state index is 10.9. The minimum absolute atomic E-state index is 0.0191. The third-order valence-electron chi connectivity index (χ3n) is 2.87. The van der Waals surface area contributed by atoms with Gasteiger partial charge in [0, 0.05) is 0 Å². The molecule has 14 heavy (non-hydrogen) atoms. The van der Waals surface area contributed by atoms with Gasteiger partial charge in [0.2, 0.25) is 0 Å². The Bertz CT molecular complexity index is 376. The number of carbonyl (C=O) groups is 1. The number of carboxylic acid groups (broad SMARTS) is 1. The van der Waals surface area contributed by atoms with Crippen molar-refractivity contribution in [3.63, 3.8) is 0 Å². The fraction of sp³-hybridized carbons (Fsp3) is 0.364. The van der Waals surface area contributed by atoms with Crippen molar-refractivity contribution in [2.45, 2.75) is 27.7 Å². The lowest BCUT2D eigenvalue weighted by Gasteiger charge is -2.14. The summed E-state index contributed by atoms with van der Waals surface area (Å²) in [4.78, 5) is 10.9. The van der Waals surface area contributed by atoms with Crippen LogP contribution in [0, 0.1) is 27.7 Å². The molecule has 0 aliphatic carbocycles. The molecule has 0 spiro atoms. The number of carboxylic acids is 1. The molecule has 1 aromatic rings. The van der Waals surface area contributed by atoms with E-state index in [1.807, 2.05) is 13.8 Å². The van der Waals surface area contributed by atoms with E-state index in [1.54, 1.807) is 13.8 Å². The van der Waals surface area contributed by atoms with Crippen LogP contribution in [-0.2, 0) is 0 Å². The van der Waals surface area contributed by atoms with Crippen LogP contribution in [0.2, 0.25) is 0 Å². The van der Waals surface area contributed by atoms with E-state index in [-0.39, 0.29) is 11.3 Å². The van der Waals surface area contributed by atoms with Crippen molar-refractivity contribution in [2.24, 2.45) is 0 Å². The lowest BCUT2D eigenvalue weighted by Crippen LogP contribution is -2.05. The maximum Gasteiger partial charge on any atom is 0.339 e. The molecule has 3 heteroatoms. The van der Waals surface area contributed by atoms with E-state index in [4.69, 9.17) is 5.11 Å². The van der Waals surface area contributed by atoms with Crippen LogP contribution < -0.4 is 0 Å². The summed E-state index contributed by atoms with van der Waals surface area (Å²) in [6.07, 6.45) is 0. The van der Waals surface area contributed by atoms with Gasteiger partial charge in [-0.3, -0.25) is 0 Å². The first-order valence-corrected chi connectivity index (χ1v) is 4.40. The van der Waals surface area contributed by atoms with Gasteiger partial charge in [-0.2, -0.15) is 0 Å². The standard InChI is InChI=1S/C11H14O3/c1-5-6(2)8(4)10(12)9(7(5)3)11(13)14/h12H,1-4H3,(H,13,14). The Morgan fingerprint density at radius 1 is 0.929 bits per heavy atom. The number of phenols is 1. The van der Waals surface area contributed by atoms with Crippen LogP contribution in [-0.4, -0.2) is 16.2 Å². The fourth-order valence-electron chi connectivity index (χ4n) is 1.55. The van der Waals surface area contributed by atoms with E-state index < -0.39 is 5.97 Å². The zero-order chi connectivity index (χ0) is 11.0. The number of benzene rings is 1. The van der Waals surface area contributed by atoms with E-state index in [2.05, 4.69) is 0 Å². The molecule has 0 aliphatic heterocycles. The van der Waals surface area contributed by atoms with Gasteiger partial charge in [-0.05, 0) is 49.9 Å². The summed E-state index contributed by atoms with van der Waals surface area (Å²) in [5.41, 5.74) is 3.18. The van der Waals surface area contributed by atoms with E-state index in [0.29, 0.717) is 11.1 Å². The highest BCUT2D eigenvalue weighted by Crippen LogP contribution is 2.31. The number of hydrogen-bond donors (Lipinski definition) is 2. The molecule has 0 aromatic heterocycles. The minimum atomic E-state index is -1.08. The Labute approximate surface area is 83.0 Å². The van der Waals surface area contributed by atoms with Gasteiger partial charge in [0.1, 0.15) is 11.3 Å². The third kappa shape index (κ3) is 1.35. The van der Waals surface area contributed by atoms with E-state index in [1.165, 1.54) is 0 Å². The summed E-state index contributed by atoms with van der Waals surface area (Å²) in [6.45, 7) is 7.18. The molecule has 0 unspecified atom stereocenters. The Balaban J connectivity index is 3.68. The van der Waals surface area contributed by atoms with Crippen molar-refractivity contribution in [1.82, 2.24) is 0 Å². The largest absolute Gasteiger partial charge is 0.507 e. The zero-order valence-corrected chi connectivity index (χ0v) is 8.80. The molecule has 1 rings (SSSR count). The molecule has 0 bridgehead atoms. The summed E-state index contributed by atoms with van der Waals surface area (Å²) in [7, 11) is 0. The van der Waals surface area contributed by atoms with Gasteiger partial charge >= 0.3 is 5.97 Å². The van der Waals surface area contributed by atoms with Gasteiger partial charge in [-0.1, -0.05) is 0 Å². The third-order valence-corrected chi connectivity index (χ3v) is 2.87. The Kier molecular flexibility index (Phi) is 2.51. The molecule has 0 saturated heterocycles. The van der Waals surface area contributed by atoms with Crippen molar-refractivity contribution in [1.29, 1.82) is 0 Å². The first kappa shape index (κ1) is 10.6. The molecule has 0 radical (unpaired) electrons. The predicted molar refractivity (Wildman–Crippen MR) is 54.0 cm³/mol. The molecule has 2 N–H and O–H groups in total. The normalized spacial score (nSPS) is 10.3. The summed E-state index contributed by atoms with van der Waals surface area (Å²) in [6, 6.07) is 0. The number of aromatic carboxylic acids is 1. The van der Waals surface area contributed by atoms with Crippen molar-refractivity contribution in [3.8, 4) is 5.75 Å². The molecule has 0 saturated carbocycles. The summed E-state index contributed by atoms with van der Waals surface area (Å²) in [5.74, 6) is -1.19. The van der Waals surface area contributed by atoms with Gasteiger partial charge in [0.25, 0.3) is 0 Å². The van der Waals surface area contributed by atoms with Crippen molar-refractivity contribution in [3.05, 3.63) is 27.8 Å². The van der Waals surface area contributed by atoms with Crippen LogP contribution in [0.1, 0.15) is 32.6 Å². The molecule has 76 valence electrons. The van der Waals surface area contributed by atoms with Crippen LogP contribution in [0.15, 0.2) is 0 Å². The lowest BCUT2D eigenvalue weighted by atomic mass is 9.93. The minimum Gasteiger partial charge on any atom is -0.507 e. The van der Waals surface area contributed by atoms with Crippen molar-refractivity contribution in [2.75, 3.05) is 0 Å². The molecule has 0 aliphatic rings. The summed E-state index contributed by atoms with van der Waals surface area (Å²) >= 11 is 0. The quantitative estimate of drug-likeness (QED) is 0.721. The first-order valence-electron chi connectivity index (χ1n) is 4.40. The van der Waals surface area contributed by atoms with Crippen molar-refractivity contribution < 1.29 is 15.0 Å². The smallest absolute Gasteiger partial charge is 0.339 e. The second kappa shape index (κ2) is 3.33. The maximum absolute atomic E-state index is 10.9. The average Bonchev–Trinajstić information content (AvgIpc) is 2.11. The number of hydrogen-bond acceptors (Lipinski definition) is 2. The van der Waals surface area contributed by atoms with Crippen LogP contribution >= 0.6 is 0 Å². The Morgan fingerprint density at radius 3 is 1.79 bits per heavy atom. The Hall–Kier alpha value is -1.51. The Morgan fingerprint density at radius 2 is 1.36 bits per heavy atom. The molecule has 0 fully saturated rings. The highest BCUT2D eigenvalue weighted by Gasteiger charge is 2.19. The molecular formula is C11H14O3. The second-order valence-electron chi connectivity index (χ2n) is 3.53. The molecule has 0 atom stereocenters. The van der Waals surface area contributed by atoms with Gasteiger partial charge in [0.15, 0.2) is 0 Å². The number of aromatic hydroxyl groups is 1. The van der Waals surface area contributed by atoms with Crippen LogP contribution in [0.3, 0.4) is 0 Å². The van der Waals surface area contributed by atoms with Gasteiger partial charge in [-0.15, -0.1) is 0 Å². The second-order valence-corrected chi connectivity index (χ2v) is 3.53. The van der Waals surface area contributed by atoms with Crippen LogP contribution in [0.5, 0.6) is 5.75 Å². The summed E-state index contributed by atoms with van der Waals surface area (Å²) < 4.78 is 0. The zero-order valence-electron chi connectivity index (χ0n) is 8.80. The molecule has 0 amide bonds. The van der Waals surface area contributed by atoms with Gasteiger partial charge in [0.05, 0.1) is 0 Å². The molecule has 1 aromatic carbocycles. The molecular weight excluding hydrogens is 180 g/mol. The van der Waals surface area contributed by atoms with Crippen LogP contribution in [0.25, 0.3) is 0 Å². The molecule has 3 nitrogen and oxygen atoms in total. The number of rotatable bonds is 1. The first-order chi connectivity index (χ1) is 6.37. The van der Waals surface area contributed by atoms with E-state index >= 15 is 0 Å². The molecule has 0 heterocycles. The van der Waals surface area contributed by atoms with E-state index in [0.717, 1.165) is 11.1 Å². The highest BCUT2D eigenvalue weighted by molar-refractivity contribution is 5.93. The highest BCUT2D eigenvalue weighted by atomic mass is 16.4. The van der Waals surface area contributed by atoms with Crippen molar-refractivity contribution >= 4 is 5.97 Å². The lowest BCUT2D eigenvalue weighted by molar-refractivity contribution is 0.0692. The van der Waals surface area contributed by atoms with Crippen LogP contribution in [0.4, 0.5) is 0 Å². The summed E-state index contributed by atoms with van der Waals surface area (Å²) in [5, 5.41) is 18.6. The SMILES string of the molecule is Cc1c(C)c(C)c(C(=O)O)c(O)c1C. The van der Waals surface area contributed by atoms with Gasteiger partial charge in [-0.25, -0.2) is 4.79 Å². The predicted octanol–water partition coefficient (Wildman–Crippen LogP) is 2.32. The fourth-order valence-corrected chi connectivity index (χ4v) is 1.55. The monoisotopic (exact) mass is 194 g/mol.